The summed E-state index contributed by atoms with van der Waals surface area (Å²) in [6.45, 7) is 0. The second-order valence-corrected chi connectivity index (χ2v) is 8.82. The predicted molar refractivity (Wildman–Crippen MR) is 143 cm³/mol. The zero-order valence-electron chi connectivity index (χ0n) is 19.7. The van der Waals surface area contributed by atoms with E-state index in [9.17, 15) is 24.5 Å². The first-order valence-electron chi connectivity index (χ1n) is 11.3. The van der Waals surface area contributed by atoms with Crippen LogP contribution in [0.1, 0.15) is 22.0 Å². The van der Waals surface area contributed by atoms with E-state index in [0.29, 0.717) is 0 Å². The van der Waals surface area contributed by atoms with Gasteiger partial charge >= 0.3 is 5.97 Å². The lowest BCUT2D eigenvalue weighted by Gasteiger charge is -2.21. The highest BCUT2D eigenvalue weighted by Crippen LogP contribution is 2.32. The number of rotatable bonds is 8. The lowest BCUT2D eigenvalue weighted by atomic mass is 10.0. The minimum atomic E-state index is -1.16. The number of amides is 1. The molecule has 4 aromatic rings. The third-order valence-corrected chi connectivity index (χ3v) is 6.12. The highest BCUT2D eigenvalue weighted by molar-refractivity contribution is 6.31. The second-order valence-electron chi connectivity index (χ2n) is 8.38. The molecule has 0 aliphatic heterocycles. The zero-order valence-corrected chi connectivity index (χ0v) is 20.5. The molecule has 0 bridgehead atoms. The number of hydrogen-bond acceptors (Lipinski definition) is 6. The summed E-state index contributed by atoms with van der Waals surface area (Å²) in [5, 5.41) is 23.6. The summed E-state index contributed by atoms with van der Waals surface area (Å²) in [5.74, 6) is -1.73. The van der Waals surface area contributed by atoms with Gasteiger partial charge in [0.15, 0.2) is 0 Å². The number of pyridine rings is 1. The molecule has 38 heavy (non-hydrogen) atoms. The van der Waals surface area contributed by atoms with E-state index < -0.39 is 28.4 Å². The van der Waals surface area contributed by atoms with Crippen molar-refractivity contribution in [1.82, 2.24) is 4.57 Å². The van der Waals surface area contributed by atoms with Crippen LogP contribution in [0.15, 0.2) is 89.9 Å². The molecule has 0 saturated carbocycles. The molecule has 1 atom stereocenters. The Morgan fingerprint density at radius 2 is 1.79 bits per heavy atom. The predicted octanol–water partition coefficient (Wildman–Crippen LogP) is 4.78. The average molecular weight is 533 g/mol. The molecule has 1 amide bonds. The minimum absolute atomic E-state index is 0.0387. The number of benzene rings is 3. The molecule has 0 spiro atoms. The Balaban J connectivity index is 1.73. The number of nitrogen functional groups attached to an aromatic ring is 1. The van der Waals surface area contributed by atoms with Crippen molar-refractivity contribution >= 4 is 40.5 Å². The molecule has 10 nitrogen and oxygen atoms in total. The zero-order chi connectivity index (χ0) is 27.4. The molecule has 4 rings (SSSR count). The van der Waals surface area contributed by atoms with Crippen LogP contribution in [-0.4, -0.2) is 26.5 Å². The Bertz CT molecular complexity index is 1600. The molecule has 11 heteroatoms. The number of carbonyl (C=O) groups excluding carboxylic acids is 1. The number of carbonyl (C=O) groups is 2. The van der Waals surface area contributed by atoms with E-state index in [4.69, 9.17) is 22.4 Å². The van der Waals surface area contributed by atoms with E-state index in [-0.39, 0.29) is 45.2 Å². The third kappa shape index (κ3) is 5.71. The summed E-state index contributed by atoms with van der Waals surface area (Å²) in [6.07, 6.45) is 1.54. The van der Waals surface area contributed by atoms with Crippen molar-refractivity contribution in [3.63, 3.8) is 0 Å². The summed E-state index contributed by atoms with van der Waals surface area (Å²) in [4.78, 5) is 48.8. The van der Waals surface area contributed by atoms with Crippen molar-refractivity contribution in [2.24, 2.45) is 0 Å². The van der Waals surface area contributed by atoms with Gasteiger partial charge in [0.25, 0.3) is 11.2 Å². The SMILES string of the molecule is Nc1cc(C(=O)O)ccc1NC(=O)C(Cc1ccccc1)n1ccc(-c2cc(Cl)ccc2[N+](=O)[O-])cc1=O. The van der Waals surface area contributed by atoms with Gasteiger partial charge in [0.2, 0.25) is 5.91 Å². The van der Waals surface area contributed by atoms with Crippen molar-refractivity contribution in [1.29, 1.82) is 0 Å². The van der Waals surface area contributed by atoms with Crippen LogP contribution in [0.5, 0.6) is 0 Å². The number of halogens is 1. The normalized spacial score (nSPS) is 11.5. The van der Waals surface area contributed by atoms with Gasteiger partial charge in [-0.1, -0.05) is 41.9 Å². The average Bonchev–Trinajstić information content (AvgIpc) is 2.88. The maximum absolute atomic E-state index is 13.4. The molecular weight excluding hydrogens is 512 g/mol. The van der Waals surface area contributed by atoms with E-state index >= 15 is 0 Å². The number of nitro groups is 1. The number of anilines is 2. The molecule has 0 fully saturated rings. The quantitative estimate of drug-likeness (QED) is 0.167. The van der Waals surface area contributed by atoms with Gasteiger partial charge in [-0.2, -0.15) is 0 Å². The van der Waals surface area contributed by atoms with E-state index in [2.05, 4.69) is 5.32 Å². The van der Waals surface area contributed by atoms with Crippen molar-refractivity contribution in [2.75, 3.05) is 11.1 Å². The van der Waals surface area contributed by atoms with Gasteiger partial charge in [-0.05, 0) is 47.5 Å². The maximum Gasteiger partial charge on any atom is 0.335 e. The number of nitro benzene ring substituents is 1. The van der Waals surface area contributed by atoms with Gasteiger partial charge < -0.3 is 20.7 Å². The molecule has 3 aromatic carbocycles. The van der Waals surface area contributed by atoms with Crippen LogP contribution >= 0.6 is 11.6 Å². The maximum atomic E-state index is 13.4. The molecule has 1 unspecified atom stereocenters. The number of carboxylic acid groups (broad SMARTS) is 1. The fourth-order valence-corrected chi connectivity index (χ4v) is 4.17. The monoisotopic (exact) mass is 532 g/mol. The number of carboxylic acids is 1. The van der Waals surface area contributed by atoms with Crippen LogP contribution in [-0.2, 0) is 11.2 Å². The Morgan fingerprint density at radius 3 is 2.42 bits per heavy atom. The van der Waals surface area contributed by atoms with Crippen LogP contribution in [0.2, 0.25) is 5.02 Å². The molecule has 0 saturated heterocycles. The molecule has 4 N–H and O–H groups in total. The summed E-state index contributed by atoms with van der Waals surface area (Å²) >= 11 is 6.04. The lowest BCUT2D eigenvalue weighted by Crippen LogP contribution is -2.34. The Hall–Kier alpha value is -4.96. The number of nitrogens with zero attached hydrogens (tertiary/aromatic N) is 2. The van der Waals surface area contributed by atoms with Crippen molar-refractivity contribution < 1.29 is 19.6 Å². The van der Waals surface area contributed by atoms with E-state index in [0.717, 1.165) is 5.56 Å². The van der Waals surface area contributed by atoms with E-state index in [1.54, 1.807) is 12.1 Å². The van der Waals surface area contributed by atoms with Crippen LogP contribution < -0.4 is 16.6 Å². The summed E-state index contributed by atoms with van der Waals surface area (Å²) < 4.78 is 1.23. The van der Waals surface area contributed by atoms with Crippen molar-refractivity contribution in [3.8, 4) is 11.1 Å². The van der Waals surface area contributed by atoms with Gasteiger partial charge in [-0.15, -0.1) is 0 Å². The number of nitrogens with two attached hydrogens (primary N) is 1. The number of aromatic carboxylic acids is 1. The summed E-state index contributed by atoms with van der Waals surface area (Å²) in [6, 6.07) is 18.7. The molecule has 1 aromatic heterocycles. The van der Waals surface area contributed by atoms with Crippen molar-refractivity contribution in [3.05, 3.63) is 122 Å². The topological polar surface area (TPSA) is 158 Å². The highest BCUT2D eigenvalue weighted by atomic mass is 35.5. The molecular formula is C27H21ClN4O6. The third-order valence-electron chi connectivity index (χ3n) is 5.88. The van der Waals surface area contributed by atoms with Crippen LogP contribution in [0.25, 0.3) is 11.1 Å². The molecule has 0 radical (unpaired) electrons. The standard InChI is InChI=1S/C27H21ClN4O6/c28-19-7-9-23(32(37)38)20(15-19)17-10-11-31(25(33)14-17)24(12-16-4-2-1-3-5-16)26(34)30-22-8-6-18(27(35)36)13-21(22)29/h1-11,13-15,24H,12,29H2,(H,30,34)(H,35,36). The highest BCUT2D eigenvalue weighted by Gasteiger charge is 2.24. The number of hydrogen-bond donors (Lipinski definition) is 3. The summed E-state index contributed by atoms with van der Waals surface area (Å²) in [7, 11) is 0. The van der Waals surface area contributed by atoms with Crippen LogP contribution in [0, 0.1) is 10.1 Å². The molecule has 0 aliphatic carbocycles. The van der Waals surface area contributed by atoms with E-state index in [1.807, 2.05) is 18.2 Å². The molecule has 1 heterocycles. The smallest absolute Gasteiger partial charge is 0.335 e. The van der Waals surface area contributed by atoms with Gasteiger partial charge in [0.1, 0.15) is 6.04 Å². The Morgan fingerprint density at radius 1 is 1.05 bits per heavy atom. The van der Waals surface area contributed by atoms with Gasteiger partial charge in [-0.3, -0.25) is 19.7 Å². The van der Waals surface area contributed by atoms with Gasteiger partial charge in [-0.25, -0.2) is 4.79 Å². The van der Waals surface area contributed by atoms with E-state index in [1.165, 1.54) is 59.3 Å². The minimum Gasteiger partial charge on any atom is -0.478 e. The number of aromatic nitrogens is 1. The second kappa shape index (κ2) is 11.0. The lowest BCUT2D eigenvalue weighted by molar-refractivity contribution is -0.384. The van der Waals surface area contributed by atoms with Crippen LogP contribution in [0.4, 0.5) is 17.1 Å². The fourth-order valence-electron chi connectivity index (χ4n) is 3.99. The van der Waals surface area contributed by atoms with Crippen molar-refractivity contribution in [2.45, 2.75) is 12.5 Å². The molecule has 0 aliphatic rings. The fraction of sp³-hybridized carbons (Fsp3) is 0.0741. The molecule has 192 valence electrons. The Labute approximate surface area is 221 Å². The first kappa shape index (κ1) is 26.1. The largest absolute Gasteiger partial charge is 0.478 e. The Kier molecular flexibility index (Phi) is 7.54. The summed E-state index contributed by atoms with van der Waals surface area (Å²) in [5.41, 5.74) is 6.59. The first-order chi connectivity index (χ1) is 18.1. The van der Waals surface area contributed by atoms with Crippen LogP contribution in [0.3, 0.4) is 0 Å². The number of nitrogens with one attached hydrogen (secondary N) is 1. The van der Waals surface area contributed by atoms with Gasteiger partial charge in [0.05, 0.1) is 27.4 Å². The first-order valence-corrected chi connectivity index (χ1v) is 11.7. The van der Waals surface area contributed by atoms with Gasteiger partial charge in [0, 0.05) is 29.8 Å².